The van der Waals surface area contributed by atoms with Crippen molar-refractivity contribution in [2.24, 2.45) is 5.73 Å². The molecule has 0 fully saturated rings. The summed E-state index contributed by atoms with van der Waals surface area (Å²) in [5.74, 6) is -0.333. The number of primary amides is 1. The van der Waals surface area contributed by atoms with Crippen LogP contribution in [0.1, 0.15) is 64.3 Å². The van der Waals surface area contributed by atoms with Crippen LogP contribution in [-0.4, -0.2) is 36.6 Å². The summed E-state index contributed by atoms with van der Waals surface area (Å²) in [6.45, 7) is 8.14. The zero-order valence-electron chi connectivity index (χ0n) is 20.1. The first-order chi connectivity index (χ1) is 14.8. The molecule has 1 heterocycles. The van der Waals surface area contributed by atoms with Crippen LogP contribution in [0.5, 0.6) is 0 Å². The number of aliphatic hydroxyl groups excluding tert-OH is 1. The second-order valence-corrected chi connectivity index (χ2v) is 8.85. The number of fused-ring (bicyclic) bond motifs is 3. The summed E-state index contributed by atoms with van der Waals surface area (Å²) in [6.07, 6.45) is 9.35. The predicted molar refractivity (Wildman–Crippen MR) is 129 cm³/mol. The van der Waals surface area contributed by atoms with Crippen molar-refractivity contribution >= 4 is 5.91 Å². The number of amides is 1. The highest BCUT2D eigenvalue weighted by molar-refractivity contribution is 5.70. The molecule has 0 radical (unpaired) electrons. The van der Waals surface area contributed by atoms with Crippen LogP contribution in [0.4, 0.5) is 0 Å². The maximum absolute atomic E-state index is 9.22. The first-order valence-electron chi connectivity index (χ1n) is 11.5. The zero-order valence-corrected chi connectivity index (χ0v) is 20.1. The molecule has 5 rings (SSSR count). The molecule has 2 aromatic rings. The fourth-order valence-corrected chi connectivity index (χ4v) is 4.92. The van der Waals surface area contributed by atoms with Crippen molar-refractivity contribution < 1.29 is 9.90 Å². The van der Waals surface area contributed by atoms with Crippen molar-refractivity contribution in [3.8, 4) is 0 Å². The van der Waals surface area contributed by atoms with E-state index in [2.05, 4.69) is 55.8 Å². The lowest BCUT2D eigenvalue weighted by Gasteiger charge is -2.24. The number of nitrogens with zero attached hydrogens (tertiary/aromatic N) is 1. The van der Waals surface area contributed by atoms with Gasteiger partial charge in [-0.15, -0.1) is 0 Å². The zero-order chi connectivity index (χ0) is 23.0. The van der Waals surface area contributed by atoms with Gasteiger partial charge in [0.05, 0.1) is 0 Å². The standard InChI is InChI=1S/C13H16.C11H15N.C2H5NO.CH4O/c1-9-12-6-2-4-10(12)8-11-5-3-7-13(9)11;1-9-3-4-11-8-12(2)6-5-10(11)7-9;1-2(3)4;1-2/h8H,2-7H2,1H3;3-4,7H,5-6,8H2,1-2H3;1H3,(H2,3,4);2H,1H3. The van der Waals surface area contributed by atoms with E-state index in [1.165, 1.54) is 69.5 Å². The monoisotopic (exact) mass is 424 g/mol. The van der Waals surface area contributed by atoms with Gasteiger partial charge in [-0.1, -0.05) is 29.8 Å². The van der Waals surface area contributed by atoms with E-state index in [1.807, 2.05) is 0 Å². The lowest BCUT2D eigenvalue weighted by Crippen LogP contribution is -2.26. The van der Waals surface area contributed by atoms with Crippen molar-refractivity contribution in [2.45, 2.75) is 72.3 Å². The molecular weight excluding hydrogens is 384 g/mol. The Labute approximate surface area is 188 Å². The maximum Gasteiger partial charge on any atom is 0.214 e. The van der Waals surface area contributed by atoms with Gasteiger partial charge in [0.2, 0.25) is 5.91 Å². The minimum atomic E-state index is -0.333. The van der Waals surface area contributed by atoms with Gasteiger partial charge >= 0.3 is 0 Å². The number of aryl methyl sites for hydroxylation is 3. The molecule has 4 nitrogen and oxygen atoms in total. The maximum atomic E-state index is 9.22. The Morgan fingerprint density at radius 2 is 1.42 bits per heavy atom. The number of carbonyl (C=O) groups excluding carboxylic acids is 1. The summed E-state index contributed by atoms with van der Waals surface area (Å²) in [4.78, 5) is 11.6. The second-order valence-electron chi connectivity index (χ2n) is 8.85. The smallest absolute Gasteiger partial charge is 0.214 e. The first kappa shape index (κ1) is 25.1. The molecule has 1 aliphatic heterocycles. The van der Waals surface area contributed by atoms with Crippen molar-refractivity contribution in [3.63, 3.8) is 0 Å². The fraction of sp³-hybridized carbons (Fsp3) is 0.519. The van der Waals surface area contributed by atoms with Gasteiger partial charge in [-0.2, -0.15) is 0 Å². The highest BCUT2D eigenvalue weighted by atomic mass is 16.2. The number of aliphatic hydroxyl groups is 1. The van der Waals surface area contributed by atoms with Crippen LogP contribution in [0.3, 0.4) is 0 Å². The Morgan fingerprint density at radius 1 is 0.871 bits per heavy atom. The van der Waals surface area contributed by atoms with Crippen LogP contribution in [0, 0.1) is 13.8 Å². The van der Waals surface area contributed by atoms with E-state index in [0.29, 0.717) is 0 Å². The molecular formula is C27H40N2O2. The lowest BCUT2D eigenvalue weighted by molar-refractivity contribution is -0.115. The molecule has 0 atom stereocenters. The van der Waals surface area contributed by atoms with Crippen LogP contribution in [-0.2, 0) is 43.4 Å². The summed E-state index contributed by atoms with van der Waals surface area (Å²) in [5.41, 5.74) is 17.3. The van der Waals surface area contributed by atoms with E-state index in [-0.39, 0.29) is 5.91 Å². The Bertz CT molecular complexity index is 853. The molecule has 1 amide bonds. The van der Waals surface area contributed by atoms with Crippen molar-refractivity contribution in [2.75, 3.05) is 20.7 Å². The molecule has 2 aliphatic carbocycles. The number of hydrogen-bond acceptors (Lipinski definition) is 3. The highest BCUT2D eigenvalue weighted by Crippen LogP contribution is 2.34. The first-order valence-corrected chi connectivity index (χ1v) is 11.5. The molecule has 3 aliphatic rings. The molecule has 170 valence electrons. The van der Waals surface area contributed by atoms with E-state index in [1.54, 1.807) is 33.4 Å². The average molecular weight is 425 g/mol. The SMILES string of the molecule is CC(N)=O.CO.Cc1c2c(cc3c1CCC3)CCC2.Cc1ccc2c(c1)CCN(C)C2. The van der Waals surface area contributed by atoms with Gasteiger partial charge in [0, 0.05) is 27.1 Å². The minimum absolute atomic E-state index is 0.333. The van der Waals surface area contributed by atoms with E-state index in [9.17, 15) is 4.79 Å². The molecule has 4 heteroatoms. The third kappa shape index (κ3) is 6.91. The number of likely N-dealkylation sites (N-methyl/N-ethyl adjacent to an activating group) is 1. The van der Waals surface area contributed by atoms with Gasteiger partial charge in [0.15, 0.2) is 0 Å². The number of nitrogens with two attached hydrogens (primary N) is 1. The Hall–Kier alpha value is -2.17. The topological polar surface area (TPSA) is 66.6 Å². The number of rotatable bonds is 0. The molecule has 0 saturated heterocycles. The van der Waals surface area contributed by atoms with Gasteiger partial charge in [0.1, 0.15) is 0 Å². The molecule has 3 N–H and O–H groups in total. The number of carbonyl (C=O) groups is 1. The van der Waals surface area contributed by atoms with Crippen LogP contribution >= 0.6 is 0 Å². The molecule has 0 unspecified atom stereocenters. The van der Waals surface area contributed by atoms with Crippen molar-refractivity contribution in [3.05, 3.63) is 68.8 Å². The highest BCUT2D eigenvalue weighted by Gasteiger charge is 2.21. The van der Waals surface area contributed by atoms with E-state index in [4.69, 9.17) is 5.11 Å². The van der Waals surface area contributed by atoms with Gasteiger partial charge in [-0.05, 0) is 105 Å². The Balaban J connectivity index is 0.000000177. The fourth-order valence-electron chi connectivity index (χ4n) is 4.92. The normalized spacial score (nSPS) is 15.7. The summed E-state index contributed by atoms with van der Waals surface area (Å²) in [7, 11) is 3.18. The minimum Gasteiger partial charge on any atom is -0.400 e. The molecule has 0 spiro atoms. The van der Waals surface area contributed by atoms with Gasteiger partial charge < -0.3 is 15.7 Å². The van der Waals surface area contributed by atoms with Gasteiger partial charge in [-0.3, -0.25) is 4.79 Å². The third-order valence-electron chi connectivity index (χ3n) is 6.34. The lowest BCUT2D eigenvalue weighted by atomic mass is 9.95. The predicted octanol–water partition coefficient (Wildman–Crippen LogP) is 4.06. The summed E-state index contributed by atoms with van der Waals surface area (Å²) in [5, 5.41) is 7.00. The van der Waals surface area contributed by atoms with Crippen LogP contribution in [0.2, 0.25) is 0 Å². The Kier molecular flexibility index (Phi) is 9.73. The number of benzene rings is 2. The van der Waals surface area contributed by atoms with Crippen LogP contribution in [0.25, 0.3) is 0 Å². The van der Waals surface area contributed by atoms with Crippen LogP contribution in [0.15, 0.2) is 24.3 Å². The molecule has 0 aromatic heterocycles. The van der Waals surface area contributed by atoms with Gasteiger partial charge in [0.25, 0.3) is 0 Å². The quantitative estimate of drug-likeness (QED) is 0.670. The van der Waals surface area contributed by atoms with E-state index < -0.39 is 0 Å². The second kappa shape index (κ2) is 12.0. The molecule has 0 saturated carbocycles. The summed E-state index contributed by atoms with van der Waals surface area (Å²) in [6, 6.07) is 9.29. The Morgan fingerprint density at radius 3 is 1.97 bits per heavy atom. The third-order valence-corrected chi connectivity index (χ3v) is 6.34. The van der Waals surface area contributed by atoms with E-state index >= 15 is 0 Å². The summed E-state index contributed by atoms with van der Waals surface area (Å²) >= 11 is 0. The average Bonchev–Trinajstić information content (AvgIpc) is 3.40. The molecule has 0 bridgehead atoms. The largest absolute Gasteiger partial charge is 0.400 e. The van der Waals surface area contributed by atoms with E-state index in [0.717, 1.165) is 13.7 Å². The van der Waals surface area contributed by atoms with Crippen molar-refractivity contribution in [1.29, 1.82) is 0 Å². The van der Waals surface area contributed by atoms with Crippen LogP contribution < -0.4 is 5.73 Å². The molecule has 2 aromatic carbocycles. The summed E-state index contributed by atoms with van der Waals surface area (Å²) < 4.78 is 0. The van der Waals surface area contributed by atoms with Gasteiger partial charge in [-0.25, -0.2) is 0 Å². The van der Waals surface area contributed by atoms with Crippen molar-refractivity contribution in [1.82, 2.24) is 4.90 Å². The number of hydrogen-bond donors (Lipinski definition) is 2. The molecule has 31 heavy (non-hydrogen) atoms.